The van der Waals surface area contributed by atoms with Crippen LogP contribution in [0.15, 0.2) is 53.7 Å². The zero-order chi connectivity index (χ0) is 22.4. The Hall–Kier alpha value is -3.32. The Balaban J connectivity index is 1.99. The summed E-state index contributed by atoms with van der Waals surface area (Å²) in [5.41, 5.74) is 2.67. The maximum atomic E-state index is 12.4. The van der Waals surface area contributed by atoms with E-state index in [0.29, 0.717) is 10.8 Å². The molecular weight excluding hydrogens is 420 g/mol. The standard InChI is InChI=1S/C23H23ClN2O5/c1-4-29-23(28)20(25-31-15(2)27)13-19-18-7-5-6-8-21(18)26(3)22(19)14-30-17-11-9-16(24)10-12-17/h5-12H,4,13-14H2,1-3H3/b25-20+. The van der Waals surface area contributed by atoms with Gasteiger partial charge < -0.3 is 18.9 Å². The highest BCUT2D eigenvalue weighted by molar-refractivity contribution is 6.37. The molecule has 0 aliphatic rings. The predicted octanol–water partition coefficient (Wildman–Crippen LogP) is 4.44. The minimum atomic E-state index is -0.638. The van der Waals surface area contributed by atoms with Crippen LogP contribution in [0.2, 0.25) is 5.02 Å². The lowest BCUT2D eigenvalue weighted by Gasteiger charge is -2.11. The van der Waals surface area contributed by atoms with Crippen molar-refractivity contribution in [1.29, 1.82) is 0 Å². The smallest absolute Gasteiger partial charge is 0.356 e. The molecule has 0 amide bonds. The van der Waals surface area contributed by atoms with Gasteiger partial charge in [0.1, 0.15) is 12.4 Å². The first-order chi connectivity index (χ1) is 14.9. The number of fused-ring (bicyclic) bond motifs is 1. The van der Waals surface area contributed by atoms with Crippen molar-refractivity contribution in [3.8, 4) is 5.75 Å². The van der Waals surface area contributed by atoms with E-state index in [9.17, 15) is 9.59 Å². The van der Waals surface area contributed by atoms with Crippen molar-refractivity contribution in [2.45, 2.75) is 26.9 Å². The zero-order valence-corrected chi connectivity index (χ0v) is 18.3. The number of nitrogens with zero attached hydrogens (tertiary/aromatic N) is 2. The van der Waals surface area contributed by atoms with E-state index in [0.717, 1.165) is 22.2 Å². The van der Waals surface area contributed by atoms with Gasteiger partial charge in [-0.15, -0.1) is 0 Å². The highest BCUT2D eigenvalue weighted by Crippen LogP contribution is 2.28. The van der Waals surface area contributed by atoms with Crippen LogP contribution in [0, 0.1) is 0 Å². The number of oxime groups is 1. The number of para-hydroxylation sites is 1. The molecule has 1 aromatic heterocycles. The number of aryl methyl sites for hydroxylation is 1. The normalized spacial score (nSPS) is 11.4. The van der Waals surface area contributed by atoms with E-state index < -0.39 is 11.9 Å². The number of halogens is 1. The van der Waals surface area contributed by atoms with Crippen molar-refractivity contribution >= 4 is 40.2 Å². The van der Waals surface area contributed by atoms with Crippen LogP contribution < -0.4 is 4.74 Å². The molecule has 2 aromatic carbocycles. The fourth-order valence-corrected chi connectivity index (χ4v) is 3.36. The van der Waals surface area contributed by atoms with Crippen molar-refractivity contribution in [2.75, 3.05) is 6.61 Å². The average molecular weight is 443 g/mol. The lowest BCUT2D eigenvalue weighted by atomic mass is 10.0. The first-order valence-corrected chi connectivity index (χ1v) is 10.1. The van der Waals surface area contributed by atoms with Crippen molar-refractivity contribution < 1.29 is 23.9 Å². The van der Waals surface area contributed by atoms with Crippen LogP contribution in [0.25, 0.3) is 10.9 Å². The Morgan fingerprint density at radius 3 is 2.48 bits per heavy atom. The van der Waals surface area contributed by atoms with Crippen LogP contribution in [-0.2, 0) is 39.2 Å². The van der Waals surface area contributed by atoms with Crippen molar-refractivity contribution in [1.82, 2.24) is 4.57 Å². The predicted molar refractivity (Wildman–Crippen MR) is 118 cm³/mol. The summed E-state index contributed by atoms with van der Waals surface area (Å²) in [7, 11) is 1.93. The van der Waals surface area contributed by atoms with E-state index >= 15 is 0 Å². The molecule has 162 valence electrons. The number of benzene rings is 2. The first kappa shape index (κ1) is 22.4. The van der Waals surface area contributed by atoms with Gasteiger partial charge in [-0.25, -0.2) is 9.59 Å². The molecule has 8 heteroatoms. The largest absolute Gasteiger partial charge is 0.487 e. The fraction of sp³-hybridized carbons (Fsp3) is 0.261. The van der Waals surface area contributed by atoms with Gasteiger partial charge in [-0.2, -0.15) is 0 Å². The SMILES string of the molecule is CCOC(=O)/C(Cc1c(COc2ccc(Cl)cc2)n(C)c2ccccc12)=N/OC(C)=O. The lowest BCUT2D eigenvalue weighted by molar-refractivity contribution is -0.141. The summed E-state index contributed by atoms with van der Waals surface area (Å²) in [5, 5.41) is 5.32. The van der Waals surface area contributed by atoms with Crippen LogP contribution in [0.4, 0.5) is 0 Å². The van der Waals surface area contributed by atoms with Crippen molar-refractivity contribution in [2.24, 2.45) is 12.2 Å². The van der Waals surface area contributed by atoms with Gasteiger partial charge in [0.2, 0.25) is 0 Å². The Labute approximate surface area is 185 Å². The number of rotatable bonds is 8. The molecule has 3 rings (SSSR count). The third kappa shape index (κ3) is 5.44. The van der Waals surface area contributed by atoms with E-state index in [4.69, 9.17) is 25.9 Å². The highest BCUT2D eigenvalue weighted by atomic mass is 35.5. The summed E-state index contributed by atoms with van der Waals surface area (Å²) in [6.07, 6.45) is 0.118. The monoisotopic (exact) mass is 442 g/mol. The summed E-state index contributed by atoms with van der Waals surface area (Å²) in [6, 6.07) is 14.9. The zero-order valence-electron chi connectivity index (χ0n) is 17.6. The second kappa shape index (κ2) is 10.1. The van der Waals surface area contributed by atoms with Gasteiger partial charge in [0.25, 0.3) is 0 Å². The van der Waals surface area contributed by atoms with E-state index in [1.54, 1.807) is 31.2 Å². The Morgan fingerprint density at radius 2 is 1.81 bits per heavy atom. The van der Waals surface area contributed by atoms with Gasteiger partial charge in [-0.3, -0.25) is 0 Å². The number of hydrogen-bond donors (Lipinski definition) is 0. The molecule has 31 heavy (non-hydrogen) atoms. The quantitative estimate of drug-likeness (QED) is 0.223. The maximum Gasteiger partial charge on any atom is 0.356 e. The third-order valence-electron chi connectivity index (χ3n) is 4.67. The summed E-state index contributed by atoms with van der Waals surface area (Å²) in [4.78, 5) is 28.4. The number of aromatic nitrogens is 1. The molecule has 0 saturated heterocycles. The van der Waals surface area contributed by atoms with Crippen LogP contribution in [0.3, 0.4) is 0 Å². The molecule has 0 aliphatic heterocycles. The Morgan fingerprint density at radius 1 is 1.10 bits per heavy atom. The molecule has 0 bridgehead atoms. The average Bonchev–Trinajstić information content (AvgIpc) is 3.02. The number of carbonyl (C=O) groups is 2. The number of esters is 1. The number of ether oxygens (including phenoxy) is 2. The van der Waals surface area contributed by atoms with Gasteiger partial charge in [0.05, 0.1) is 12.3 Å². The van der Waals surface area contributed by atoms with Crippen molar-refractivity contribution in [3.63, 3.8) is 0 Å². The second-order valence-corrected chi connectivity index (χ2v) is 7.20. The molecule has 0 aliphatic carbocycles. The molecule has 7 nitrogen and oxygen atoms in total. The Bertz CT molecular complexity index is 1120. The number of carbonyl (C=O) groups excluding carboxylic acids is 2. The molecule has 0 spiro atoms. The molecule has 3 aromatic rings. The third-order valence-corrected chi connectivity index (χ3v) is 4.92. The summed E-state index contributed by atoms with van der Waals surface area (Å²) in [5.74, 6) is -0.591. The van der Waals surface area contributed by atoms with E-state index in [1.807, 2.05) is 35.9 Å². The van der Waals surface area contributed by atoms with E-state index in [1.165, 1.54) is 6.92 Å². The van der Waals surface area contributed by atoms with Gasteiger partial charge in [-0.1, -0.05) is 35.0 Å². The molecule has 0 unspecified atom stereocenters. The van der Waals surface area contributed by atoms with Gasteiger partial charge in [0.15, 0.2) is 5.71 Å². The van der Waals surface area contributed by atoms with Gasteiger partial charge in [0, 0.05) is 36.3 Å². The minimum absolute atomic E-state index is 0.00106. The van der Waals surface area contributed by atoms with Crippen LogP contribution in [-0.4, -0.2) is 28.8 Å². The minimum Gasteiger partial charge on any atom is -0.487 e. The molecule has 0 atom stereocenters. The molecule has 0 radical (unpaired) electrons. The molecule has 0 fully saturated rings. The van der Waals surface area contributed by atoms with E-state index in [2.05, 4.69) is 5.16 Å². The van der Waals surface area contributed by atoms with Crippen LogP contribution in [0.1, 0.15) is 25.1 Å². The lowest BCUT2D eigenvalue weighted by Crippen LogP contribution is -2.21. The molecule has 1 heterocycles. The van der Waals surface area contributed by atoms with Gasteiger partial charge >= 0.3 is 11.9 Å². The molecule has 0 saturated carbocycles. The second-order valence-electron chi connectivity index (χ2n) is 6.76. The molecular formula is C23H23ClN2O5. The fourth-order valence-electron chi connectivity index (χ4n) is 3.23. The summed E-state index contributed by atoms with van der Waals surface area (Å²) >= 11 is 5.94. The van der Waals surface area contributed by atoms with Gasteiger partial charge in [-0.05, 0) is 42.8 Å². The summed E-state index contributed by atoms with van der Waals surface area (Å²) < 4.78 is 13.1. The maximum absolute atomic E-state index is 12.4. The highest BCUT2D eigenvalue weighted by Gasteiger charge is 2.22. The van der Waals surface area contributed by atoms with E-state index in [-0.39, 0.29) is 25.3 Å². The Kier molecular flexibility index (Phi) is 7.31. The topological polar surface area (TPSA) is 79.1 Å². The number of hydrogen-bond acceptors (Lipinski definition) is 6. The van der Waals surface area contributed by atoms with Crippen molar-refractivity contribution in [3.05, 3.63) is 64.8 Å². The van der Waals surface area contributed by atoms with Crippen LogP contribution >= 0.6 is 11.6 Å². The summed E-state index contributed by atoms with van der Waals surface area (Å²) in [6.45, 7) is 3.35. The first-order valence-electron chi connectivity index (χ1n) is 9.75. The molecule has 0 N–H and O–H groups in total. The van der Waals surface area contributed by atoms with Crippen LogP contribution in [0.5, 0.6) is 5.75 Å².